The summed E-state index contributed by atoms with van der Waals surface area (Å²) in [7, 11) is -7.44. The van der Waals surface area contributed by atoms with Crippen molar-refractivity contribution in [2.75, 3.05) is 0 Å². The van der Waals surface area contributed by atoms with E-state index in [0.29, 0.717) is 0 Å². The Labute approximate surface area is 254 Å². The third-order valence-electron chi connectivity index (χ3n) is 7.96. The largest absolute Gasteiger partial charge is 0.319 e. The van der Waals surface area contributed by atoms with Gasteiger partial charge in [-0.3, -0.25) is 0 Å². The average molecular weight is 623 g/mol. The van der Waals surface area contributed by atoms with Crippen molar-refractivity contribution in [3.63, 3.8) is 0 Å². The smallest absolute Gasteiger partial charge is 0.238 e. The normalized spacial score (nSPS) is 16.3. The molecule has 0 radical (unpaired) electrons. The molecule has 1 unspecified atom stereocenters. The Bertz CT molecular complexity index is 2110. The van der Waals surface area contributed by atoms with E-state index >= 15 is 0 Å². The van der Waals surface area contributed by atoms with Crippen LogP contribution in [-0.2, 0) is 20.0 Å². The Hall–Kier alpha value is -4.88. The molecular weight excluding hydrogens is 597 g/mol. The molecule has 2 aliphatic rings. The second-order valence-corrected chi connectivity index (χ2v) is 13.7. The van der Waals surface area contributed by atoms with Crippen molar-refractivity contribution in [3.8, 4) is 22.5 Å². The number of sulfonamides is 2. The molecule has 6 aromatic rings. The Morgan fingerprint density at radius 3 is 1.36 bits per heavy atom. The van der Waals surface area contributed by atoms with E-state index in [-0.39, 0.29) is 21.9 Å². The molecule has 2 aromatic heterocycles. The summed E-state index contributed by atoms with van der Waals surface area (Å²) in [6, 6.07) is 29.5. The minimum Gasteiger partial charge on any atom is -0.319 e. The molecule has 4 N–H and O–H groups in total. The Morgan fingerprint density at radius 1 is 0.545 bits per heavy atom. The van der Waals surface area contributed by atoms with Gasteiger partial charge in [0.05, 0.1) is 58.3 Å². The van der Waals surface area contributed by atoms with Gasteiger partial charge in [-0.2, -0.15) is 0 Å². The number of nitrogens with two attached hydrogens (primary N) is 2. The Morgan fingerprint density at radius 2 is 0.955 bits per heavy atom. The van der Waals surface area contributed by atoms with Crippen LogP contribution in [0.3, 0.4) is 0 Å². The maximum Gasteiger partial charge on any atom is 0.238 e. The minimum atomic E-state index is -3.72. The number of imidazole rings is 2. The first-order valence-electron chi connectivity index (χ1n) is 13.6. The van der Waals surface area contributed by atoms with E-state index in [2.05, 4.69) is 22.1 Å². The van der Waals surface area contributed by atoms with Crippen LogP contribution < -0.4 is 10.3 Å². The van der Waals surface area contributed by atoms with Gasteiger partial charge in [-0.25, -0.2) is 37.1 Å². The van der Waals surface area contributed by atoms with Crippen LogP contribution in [0.25, 0.3) is 22.5 Å². The van der Waals surface area contributed by atoms with Crippen molar-refractivity contribution < 1.29 is 16.8 Å². The zero-order valence-corrected chi connectivity index (χ0v) is 24.7. The van der Waals surface area contributed by atoms with Gasteiger partial charge in [-0.1, -0.05) is 72.8 Å². The maximum absolute atomic E-state index is 11.6. The van der Waals surface area contributed by atoms with Crippen LogP contribution in [0.1, 0.15) is 34.3 Å². The molecule has 8 rings (SSSR count). The summed E-state index contributed by atoms with van der Waals surface area (Å²) in [6.07, 6.45) is 7.18. The average Bonchev–Trinajstić information content (AvgIpc) is 3.78. The predicted octanol–water partition coefficient (Wildman–Crippen LogP) is 4.30. The molecule has 0 saturated heterocycles. The number of rotatable bonds is 4. The first-order chi connectivity index (χ1) is 21.1. The summed E-state index contributed by atoms with van der Waals surface area (Å²) in [5.41, 5.74) is 8.30. The van der Waals surface area contributed by atoms with Crippen LogP contribution in [0.15, 0.2) is 132 Å². The van der Waals surface area contributed by atoms with Crippen LogP contribution in [-0.4, -0.2) is 35.9 Å². The highest BCUT2D eigenvalue weighted by atomic mass is 32.2. The third kappa shape index (κ3) is 4.74. The molecule has 12 heteroatoms. The van der Waals surface area contributed by atoms with Crippen LogP contribution in [0.5, 0.6) is 0 Å². The molecule has 2 atom stereocenters. The Kier molecular flexibility index (Phi) is 6.59. The van der Waals surface area contributed by atoms with Crippen molar-refractivity contribution in [1.82, 2.24) is 19.1 Å². The number of benzene rings is 4. The minimum absolute atomic E-state index is 0.0876. The number of primary sulfonamides is 2. The van der Waals surface area contributed by atoms with Gasteiger partial charge in [0.2, 0.25) is 20.0 Å². The van der Waals surface area contributed by atoms with Gasteiger partial charge < -0.3 is 9.13 Å². The van der Waals surface area contributed by atoms with Crippen molar-refractivity contribution >= 4 is 20.0 Å². The number of nitrogens with zero attached hydrogens (tertiary/aromatic N) is 4. The van der Waals surface area contributed by atoms with Crippen molar-refractivity contribution in [1.29, 1.82) is 0 Å². The molecule has 4 aromatic carbocycles. The second kappa shape index (κ2) is 10.4. The highest BCUT2D eigenvalue weighted by Crippen LogP contribution is 2.44. The van der Waals surface area contributed by atoms with E-state index in [1.54, 1.807) is 36.9 Å². The van der Waals surface area contributed by atoms with Gasteiger partial charge in [-0.15, -0.1) is 0 Å². The number of fused-ring (bicyclic) bond motifs is 6. The highest BCUT2D eigenvalue weighted by Gasteiger charge is 2.31. The van der Waals surface area contributed by atoms with E-state index in [9.17, 15) is 16.8 Å². The maximum atomic E-state index is 11.6. The summed E-state index contributed by atoms with van der Waals surface area (Å²) in [5.74, 6) is 0. The summed E-state index contributed by atoms with van der Waals surface area (Å²) in [5, 5.41) is 10.5. The lowest BCUT2D eigenvalue weighted by molar-refractivity contribution is 0.595. The summed E-state index contributed by atoms with van der Waals surface area (Å²) in [6.45, 7) is 0. The Balaban J connectivity index is 0.000000142. The zero-order chi connectivity index (χ0) is 30.6. The molecule has 2 aliphatic heterocycles. The molecular formula is C32H26N6O4S2. The fourth-order valence-corrected chi connectivity index (χ4v) is 7.22. The molecule has 0 saturated carbocycles. The van der Waals surface area contributed by atoms with Crippen molar-refractivity contribution in [2.24, 2.45) is 10.3 Å². The molecule has 44 heavy (non-hydrogen) atoms. The topological polar surface area (TPSA) is 156 Å². The van der Waals surface area contributed by atoms with Gasteiger partial charge in [0.15, 0.2) is 0 Å². The molecule has 220 valence electrons. The number of hydrogen-bond donors (Lipinski definition) is 2. The predicted molar refractivity (Wildman–Crippen MR) is 165 cm³/mol. The molecule has 10 nitrogen and oxygen atoms in total. The van der Waals surface area contributed by atoms with Crippen molar-refractivity contribution in [2.45, 2.75) is 21.9 Å². The quantitative estimate of drug-likeness (QED) is 0.298. The lowest BCUT2D eigenvalue weighted by Gasteiger charge is -2.16. The number of hydrogen-bond acceptors (Lipinski definition) is 6. The first-order valence-corrected chi connectivity index (χ1v) is 16.7. The van der Waals surface area contributed by atoms with Crippen LogP contribution >= 0.6 is 0 Å². The third-order valence-corrected chi connectivity index (χ3v) is 9.78. The van der Waals surface area contributed by atoms with Crippen LogP contribution in [0.4, 0.5) is 0 Å². The lowest BCUT2D eigenvalue weighted by atomic mass is 9.97. The van der Waals surface area contributed by atoms with Gasteiger partial charge in [-0.05, 0) is 46.5 Å². The summed E-state index contributed by atoms with van der Waals surface area (Å²) >= 11 is 0. The fourth-order valence-electron chi connectivity index (χ4n) is 6.08. The summed E-state index contributed by atoms with van der Waals surface area (Å²) < 4.78 is 50.5. The highest BCUT2D eigenvalue weighted by molar-refractivity contribution is 7.89. The van der Waals surface area contributed by atoms with Crippen LogP contribution in [0.2, 0.25) is 0 Å². The SMILES string of the molecule is NS(=O)(=O)c1cccc(C2c3ccccc3-c3cncn32)c1.NS(=O)(=O)c1cccc([C@H]2c3ccccc3-c3cncn32)c1. The molecule has 0 amide bonds. The van der Waals surface area contributed by atoms with Gasteiger partial charge >= 0.3 is 0 Å². The summed E-state index contributed by atoms with van der Waals surface area (Å²) in [4.78, 5) is 8.66. The second-order valence-electron chi connectivity index (χ2n) is 10.6. The van der Waals surface area contributed by atoms with E-state index in [1.165, 1.54) is 12.1 Å². The zero-order valence-electron chi connectivity index (χ0n) is 23.1. The van der Waals surface area contributed by atoms with E-state index in [4.69, 9.17) is 10.3 Å². The van der Waals surface area contributed by atoms with Gasteiger partial charge in [0, 0.05) is 11.1 Å². The van der Waals surface area contributed by atoms with E-state index in [1.807, 2.05) is 70.1 Å². The van der Waals surface area contributed by atoms with E-state index in [0.717, 1.165) is 44.8 Å². The molecule has 4 heterocycles. The fraction of sp³-hybridized carbons (Fsp3) is 0.0625. The van der Waals surface area contributed by atoms with Crippen molar-refractivity contribution in [3.05, 3.63) is 144 Å². The standard InChI is InChI=1S/2C16H13N3O2S/c2*17-22(20,21)12-5-3-4-11(8-12)16-14-7-2-1-6-13(14)15-9-18-10-19(15)16/h2*1-10,16H,(H2,17,20,21)/t16-;/m0./s1. The number of aromatic nitrogens is 4. The van der Waals surface area contributed by atoms with Gasteiger partial charge in [0.1, 0.15) is 0 Å². The lowest BCUT2D eigenvalue weighted by Crippen LogP contribution is -2.13. The molecule has 0 aliphatic carbocycles. The van der Waals surface area contributed by atoms with E-state index < -0.39 is 20.0 Å². The van der Waals surface area contributed by atoms with Crippen LogP contribution in [0, 0.1) is 0 Å². The molecule has 0 fully saturated rings. The first kappa shape index (κ1) is 27.9. The van der Waals surface area contributed by atoms with Gasteiger partial charge in [0.25, 0.3) is 0 Å². The molecule has 0 bridgehead atoms. The monoisotopic (exact) mass is 622 g/mol. The molecule has 0 spiro atoms.